The lowest BCUT2D eigenvalue weighted by atomic mass is 9.50. The highest BCUT2D eigenvalue weighted by molar-refractivity contribution is 5.81. The van der Waals surface area contributed by atoms with E-state index in [0.717, 1.165) is 11.1 Å². The highest BCUT2D eigenvalue weighted by atomic mass is 16.6. The summed E-state index contributed by atoms with van der Waals surface area (Å²) in [6, 6.07) is 3.27. The third-order valence-electron chi connectivity index (χ3n) is 7.75. The summed E-state index contributed by atoms with van der Waals surface area (Å²) >= 11 is 0. The van der Waals surface area contributed by atoms with E-state index in [9.17, 15) is 24.6 Å². The van der Waals surface area contributed by atoms with Crippen molar-refractivity contribution in [2.75, 3.05) is 13.6 Å². The van der Waals surface area contributed by atoms with Crippen LogP contribution in [-0.4, -0.2) is 75.6 Å². The normalized spacial score (nSPS) is 31.6. The summed E-state index contributed by atoms with van der Waals surface area (Å²) < 4.78 is 16.9. The molecule has 2 aliphatic heterocycles. The van der Waals surface area contributed by atoms with Gasteiger partial charge in [-0.25, -0.2) is 4.79 Å². The van der Waals surface area contributed by atoms with Crippen molar-refractivity contribution in [1.82, 2.24) is 4.90 Å². The highest BCUT2D eigenvalue weighted by Crippen LogP contribution is 2.65. The van der Waals surface area contributed by atoms with Crippen molar-refractivity contribution in [2.24, 2.45) is 0 Å². The summed E-state index contributed by atoms with van der Waals surface area (Å²) in [6.45, 7) is 2.04. The number of ether oxygens (including phenoxy) is 3. The van der Waals surface area contributed by atoms with E-state index >= 15 is 0 Å². The fraction of sp³-hybridized carbons (Fsp3) is 0.542. The van der Waals surface area contributed by atoms with Crippen LogP contribution in [0.1, 0.15) is 43.7 Å². The smallest absolute Gasteiger partial charge is 0.352 e. The number of benzene rings is 1. The molecule has 0 aromatic heterocycles. The molecular weight excluding hydrogens is 446 g/mol. The second-order valence-electron chi connectivity index (χ2n) is 9.55. The number of piperidine rings is 1. The Morgan fingerprint density at radius 3 is 2.79 bits per heavy atom. The van der Waals surface area contributed by atoms with Crippen molar-refractivity contribution >= 4 is 17.9 Å². The molecule has 1 spiro atoms. The fourth-order valence-corrected chi connectivity index (χ4v) is 6.15. The number of nitrogens with zero attached hydrogens (tertiary/aromatic N) is 1. The SMILES string of the molecule is C[C@H](OC(=O)CCC(=O)O)C(=O)OC1=CC[C@@]2(O)[C@H]3Cc4ccc(O)c5c4C2(CCN3C)C1O5. The average molecular weight is 473 g/mol. The minimum atomic E-state index is -1.26. The Bertz CT molecular complexity index is 1110. The van der Waals surface area contributed by atoms with Crippen LogP contribution in [0.2, 0.25) is 0 Å². The molecule has 2 unspecified atom stereocenters. The predicted octanol–water partition coefficient (Wildman–Crippen LogP) is 1.01. The van der Waals surface area contributed by atoms with Crippen LogP contribution in [0.25, 0.3) is 0 Å². The van der Waals surface area contributed by atoms with Crippen molar-refractivity contribution in [3.05, 3.63) is 35.1 Å². The van der Waals surface area contributed by atoms with Gasteiger partial charge in [-0.15, -0.1) is 0 Å². The van der Waals surface area contributed by atoms with Gasteiger partial charge in [-0.05, 0) is 51.1 Å². The first-order chi connectivity index (χ1) is 16.1. The van der Waals surface area contributed by atoms with Crippen molar-refractivity contribution in [1.29, 1.82) is 0 Å². The van der Waals surface area contributed by atoms with Crippen LogP contribution in [0, 0.1) is 0 Å². The Morgan fingerprint density at radius 1 is 1.29 bits per heavy atom. The quantitative estimate of drug-likeness (QED) is 0.512. The zero-order valence-electron chi connectivity index (χ0n) is 18.9. The third kappa shape index (κ3) is 3.05. The van der Waals surface area contributed by atoms with Gasteiger partial charge in [-0.2, -0.15) is 0 Å². The Kier molecular flexibility index (Phi) is 5.14. The monoisotopic (exact) mass is 473 g/mol. The zero-order chi connectivity index (χ0) is 24.4. The number of phenols is 1. The molecular formula is C24H27NO9. The van der Waals surface area contributed by atoms with E-state index in [2.05, 4.69) is 4.90 Å². The molecule has 5 atom stereocenters. The Balaban J connectivity index is 1.44. The topological polar surface area (TPSA) is 143 Å². The van der Waals surface area contributed by atoms with E-state index < -0.39 is 47.6 Å². The molecule has 2 heterocycles. The molecule has 3 N–H and O–H groups in total. The molecule has 34 heavy (non-hydrogen) atoms. The molecule has 5 rings (SSSR count). The number of carboxylic acid groups (broad SMARTS) is 1. The lowest BCUT2D eigenvalue weighted by molar-refractivity contribution is -0.175. The van der Waals surface area contributed by atoms with Gasteiger partial charge in [0.15, 0.2) is 23.7 Å². The number of aromatic hydroxyl groups is 1. The molecule has 2 bridgehead atoms. The molecule has 10 heteroatoms. The average Bonchev–Trinajstić information content (AvgIpc) is 3.14. The van der Waals surface area contributed by atoms with Gasteiger partial charge >= 0.3 is 17.9 Å². The molecule has 1 saturated heterocycles. The number of phenolic OH excluding ortho intramolecular Hbond substituents is 1. The maximum atomic E-state index is 12.7. The minimum absolute atomic E-state index is 0.0336. The summed E-state index contributed by atoms with van der Waals surface area (Å²) in [7, 11) is 1.98. The van der Waals surface area contributed by atoms with Crippen LogP contribution < -0.4 is 4.74 Å². The third-order valence-corrected chi connectivity index (χ3v) is 7.75. The van der Waals surface area contributed by atoms with E-state index in [1.165, 1.54) is 6.92 Å². The maximum absolute atomic E-state index is 12.7. The molecule has 0 amide bonds. The van der Waals surface area contributed by atoms with Crippen molar-refractivity contribution < 1.29 is 43.9 Å². The number of likely N-dealkylation sites (tertiary alicyclic amines) is 1. The number of carboxylic acids is 1. The standard InChI is InChI=1S/C24H27NO9/c1-12(32-18(29)6-5-17(27)28)22(30)33-15-7-8-24(31)16-11-13-3-4-14(26)20-19(13)23(24,21(15)34-20)9-10-25(16)2/h3-4,7,12,16,21,26,31H,5-6,8-11H2,1-2H3,(H,27,28)/t12-,16+,21?,23?,24+/m0/s1. The first-order valence-electron chi connectivity index (χ1n) is 11.4. The Morgan fingerprint density at radius 2 is 2.06 bits per heavy atom. The summed E-state index contributed by atoms with van der Waals surface area (Å²) in [5.74, 6) is -2.32. The summed E-state index contributed by atoms with van der Waals surface area (Å²) in [5, 5.41) is 31.3. The number of esters is 2. The van der Waals surface area contributed by atoms with Crippen LogP contribution in [0.4, 0.5) is 0 Å². The molecule has 1 fully saturated rings. The van der Waals surface area contributed by atoms with E-state index in [4.69, 9.17) is 19.3 Å². The molecule has 0 saturated carbocycles. The fourth-order valence-electron chi connectivity index (χ4n) is 6.15. The molecule has 1 aromatic carbocycles. The van der Waals surface area contributed by atoms with E-state index in [1.54, 1.807) is 12.1 Å². The number of aliphatic hydroxyl groups is 1. The second kappa shape index (κ2) is 7.71. The number of hydrogen-bond acceptors (Lipinski definition) is 9. The van der Waals surface area contributed by atoms with Crippen molar-refractivity contribution in [3.63, 3.8) is 0 Å². The van der Waals surface area contributed by atoms with Crippen molar-refractivity contribution in [2.45, 2.75) is 68.3 Å². The van der Waals surface area contributed by atoms with Crippen LogP contribution in [0.5, 0.6) is 11.5 Å². The predicted molar refractivity (Wildman–Crippen MR) is 115 cm³/mol. The number of carbonyl (C=O) groups is 3. The van der Waals surface area contributed by atoms with Gasteiger partial charge in [0.05, 0.1) is 23.9 Å². The first kappa shape index (κ1) is 22.7. The minimum Gasteiger partial charge on any atom is -0.504 e. The maximum Gasteiger partial charge on any atom is 0.352 e. The molecule has 0 radical (unpaired) electrons. The van der Waals surface area contributed by atoms with Crippen LogP contribution >= 0.6 is 0 Å². The van der Waals surface area contributed by atoms with Crippen molar-refractivity contribution in [3.8, 4) is 11.5 Å². The Hall–Kier alpha value is -3.11. The molecule has 2 aliphatic carbocycles. The van der Waals surface area contributed by atoms with Gasteiger partial charge in [0.25, 0.3) is 0 Å². The number of likely N-dealkylation sites (N-methyl/N-ethyl adjacent to an activating group) is 1. The Labute approximate surface area is 195 Å². The zero-order valence-corrected chi connectivity index (χ0v) is 18.9. The van der Waals surface area contributed by atoms with E-state index in [-0.39, 0.29) is 30.4 Å². The van der Waals surface area contributed by atoms with Gasteiger partial charge < -0.3 is 34.4 Å². The van der Waals surface area contributed by atoms with Gasteiger partial charge in [0.1, 0.15) is 5.76 Å². The van der Waals surface area contributed by atoms with Gasteiger partial charge in [0.2, 0.25) is 0 Å². The number of rotatable bonds is 6. The number of aliphatic carboxylic acids is 1. The summed E-state index contributed by atoms with van der Waals surface area (Å²) in [6.07, 6.45) is 0.171. The lowest BCUT2D eigenvalue weighted by Gasteiger charge is -2.61. The van der Waals surface area contributed by atoms with E-state index in [0.29, 0.717) is 25.1 Å². The highest BCUT2D eigenvalue weighted by Gasteiger charge is 2.72. The van der Waals surface area contributed by atoms with Gasteiger partial charge in [0, 0.05) is 18.0 Å². The number of carbonyl (C=O) groups excluding carboxylic acids is 2. The summed E-state index contributed by atoms with van der Waals surface area (Å²) in [4.78, 5) is 37.3. The first-order valence-corrected chi connectivity index (χ1v) is 11.4. The molecule has 1 aromatic rings. The second-order valence-corrected chi connectivity index (χ2v) is 9.55. The largest absolute Gasteiger partial charge is 0.504 e. The van der Waals surface area contributed by atoms with E-state index in [1.807, 2.05) is 13.1 Å². The molecule has 4 aliphatic rings. The van der Waals surface area contributed by atoms with Gasteiger partial charge in [-0.3, -0.25) is 9.59 Å². The molecule has 10 nitrogen and oxygen atoms in total. The summed E-state index contributed by atoms with van der Waals surface area (Å²) in [5.41, 5.74) is -0.303. The lowest BCUT2D eigenvalue weighted by Crippen LogP contribution is -2.74. The van der Waals surface area contributed by atoms with Crippen LogP contribution in [0.15, 0.2) is 24.0 Å². The van der Waals surface area contributed by atoms with Crippen LogP contribution in [-0.2, 0) is 35.7 Å². The number of hydrogen-bond donors (Lipinski definition) is 3. The van der Waals surface area contributed by atoms with Crippen LogP contribution in [0.3, 0.4) is 0 Å². The van der Waals surface area contributed by atoms with Gasteiger partial charge in [-0.1, -0.05) is 6.07 Å². The molecule has 182 valence electrons.